The number of ether oxygens (including phenoxy) is 1. The molecule has 0 aliphatic carbocycles. The zero-order valence-corrected chi connectivity index (χ0v) is 14.8. The molecule has 2 bridgehead atoms. The average Bonchev–Trinajstić information content (AvgIpc) is 3.23. The Kier molecular flexibility index (Phi) is 4.78. The number of aromatic nitrogens is 2. The summed E-state index contributed by atoms with van der Waals surface area (Å²) in [6.07, 6.45) is 7.38. The molecular formula is C20H25N3O3. The molecule has 3 aliphatic rings. The molecule has 0 unspecified atom stereocenters. The molecule has 138 valence electrons. The number of carbonyl (C=O) groups is 1. The Hall–Kier alpha value is -2.18. The maximum atomic E-state index is 13.5. The number of rotatable bonds is 6. The monoisotopic (exact) mass is 355 g/mol. The lowest BCUT2D eigenvalue weighted by atomic mass is 9.84. The molecule has 6 heteroatoms. The van der Waals surface area contributed by atoms with Crippen LogP contribution < -0.4 is 0 Å². The quantitative estimate of drug-likeness (QED) is 0.798. The highest BCUT2D eigenvalue weighted by Gasteiger charge is 2.46. The van der Waals surface area contributed by atoms with E-state index in [2.05, 4.69) is 9.88 Å². The molecule has 2 aromatic rings. The van der Waals surface area contributed by atoms with Crippen molar-refractivity contribution in [2.45, 2.75) is 30.9 Å². The summed E-state index contributed by atoms with van der Waals surface area (Å²) in [5.74, 6) is 0.129. The van der Waals surface area contributed by atoms with Crippen molar-refractivity contribution >= 4 is 5.97 Å². The van der Waals surface area contributed by atoms with Gasteiger partial charge in [-0.2, -0.15) is 0 Å². The Morgan fingerprint density at radius 2 is 2.04 bits per heavy atom. The van der Waals surface area contributed by atoms with E-state index in [1.165, 1.54) is 0 Å². The highest BCUT2D eigenvalue weighted by atomic mass is 16.5. The molecule has 5 rings (SSSR count). The molecule has 0 saturated carbocycles. The maximum absolute atomic E-state index is 13.5. The minimum Gasteiger partial charge on any atom is -0.459 e. The lowest BCUT2D eigenvalue weighted by Crippen LogP contribution is -2.54. The Morgan fingerprint density at radius 3 is 2.62 bits per heavy atom. The summed E-state index contributed by atoms with van der Waals surface area (Å²) < 4.78 is 7.85. The van der Waals surface area contributed by atoms with Crippen LogP contribution in [0.4, 0.5) is 0 Å². The summed E-state index contributed by atoms with van der Waals surface area (Å²) >= 11 is 0. The number of carbonyl (C=O) groups excluding carboxylic acids is 1. The Balaban J connectivity index is 1.69. The normalized spacial score (nSPS) is 27.0. The number of piperidine rings is 3. The number of fused-ring (bicyclic) bond motifs is 3. The van der Waals surface area contributed by atoms with Gasteiger partial charge in [0.2, 0.25) is 0 Å². The zero-order valence-electron chi connectivity index (χ0n) is 14.8. The summed E-state index contributed by atoms with van der Waals surface area (Å²) in [7, 11) is 0. The number of benzene rings is 1. The van der Waals surface area contributed by atoms with Gasteiger partial charge in [-0.25, -0.2) is 9.78 Å². The number of hydrogen-bond acceptors (Lipinski definition) is 5. The van der Waals surface area contributed by atoms with Crippen molar-refractivity contribution in [3.05, 3.63) is 54.6 Å². The standard InChI is InChI=1S/C20H25N3O3/c24-13-8-20(23-12-9-21-15-23,17-4-2-1-3-5-17)19(25)26-18-14-22-10-6-16(18)7-11-22/h1-5,9,12,15-16,18,24H,6-8,10-11,13-14H2/t18-,20+/m0/s1. The number of imidazole rings is 1. The van der Waals surface area contributed by atoms with Gasteiger partial charge in [0.15, 0.2) is 5.54 Å². The van der Waals surface area contributed by atoms with Crippen LogP contribution in [0.25, 0.3) is 0 Å². The third-order valence-electron chi connectivity index (χ3n) is 5.86. The van der Waals surface area contributed by atoms with Crippen LogP contribution in [0.2, 0.25) is 0 Å². The number of aliphatic hydroxyl groups is 1. The molecule has 1 N–H and O–H groups in total. The molecular weight excluding hydrogens is 330 g/mol. The third-order valence-corrected chi connectivity index (χ3v) is 5.86. The number of esters is 1. The van der Waals surface area contributed by atoms with Crippen molar-refractivity contribution in [2.75, 3.05) is 26.2 Å². The molecule has 0 radical (unpaired) electrons. The van der Waals surface area contributed by atoms with E-state index in [0.29, 0.717) is 5.92 Å². The van der Waals surface area contributed by atoms with Gasteiger partial charge in [-0.3, -0.25) is 4.90 Å². The van der Waals surface area contributed by atoms with Crippen molar-refractivity contribution in [1.29, 1.82) is 0 Å². The van der Waals surface area contributed by atoms with E-state index in [-0.39, 0.29) is 25.1 Å². The summed E-state index contributed by atoms with van der Waals surface area (Å²) in [6.45, 7) is 2.88. The van der Waals surface area contributed by atoms with E-state index in [4.69, 9.17) is 4.74 Å². The van der Waals surface area contributed by atoms with Crippen LogP contribution >= 0.6 is 0 Å². The lowest BCUT2D eigenvalue weighted by molar-refractivity contribution is -0.168. The van der Waals surface area contributed by atoms with Crippen molar-refractivity contribution in [3.8, 4) is 0 Å². The summed E-state index contributed by atoms with van der Waals surface area (Å²) in [5.41, 5.74) is -0.295. The van der Waals surface area contributed by atoms with Crippen molar-refractivity contribution in [1.82, 2.24) is 14.5 Å². The largest absolute Gasteiger partial charge is 0.459 e. The highest BCUT2D eigenvalue weighted by Crippen LogP contribution is 2.35. The fourth-order valence-corrected chi connectivity index (χ4v) is 4.39. The molecule has 3 aliphatic heterocycles. The SMILES string of the molecule is O=C(O[C@H]1CN2CCC1CC2)[C@@](CCO)(c1ccccc1)n1ccnc1. The molecule has 2 atom stereocenters. The molecule has 6 nitrogen and oxygen atoms in total. The summed E-state index contributed by atoms with van der Waals surface area (Å²) in [6, 6.07) is 9.54. The van der Waals surface area contributed by atoms with Gasteiger partial charge in [-0.1, -0.05) is 30.3 Å². The summed E-state index contributed by atoms with van der Waals surface area (Å²) in [4.78, 5) is 20.0. The molecule has 1 aromatic heterocycles. The first-order valence-electron chi connectivity index (χ1n) is 9.32. The fraction of sp³-hybridized carbons (Fsp3) is 0.500. The molecule has 3 saturated heterocycles. The Morgan fingerprint density at radius 1 is 1.27 bits per heavy atom. The minimum atomic E-state index is -1.10. The molecule has 4 heterocycles. The Bertz CT molecular complexity index is 726. The van der Waals surface area contributed by atoms with E-state index in [1.807, 2.05) is 30.3 Å². The van der Waals surface area contributed by atoms with Gasteiger partial charge in [0, 0.05) is 32.0 Å². The van der Waals surface area contributed by atoms with Crippen LogP contribution in [0.5, 0.6) is 0 Å². The first kappa shape index (κ1) is 17.2. The van der Waals surface area contributed by atoms with Crippen LogP contribution in [-0.2, 0) is 15.1 Å². The first-order chi connectivity index (χ1) is 12.7. The molecule has 3 fully saturated rings. The van der Waals surface area contributed by atoms with Crippen LogP contribution in [0, 0.1) is 5.92 Å². The third kappa shape index (κ3) is 2.93. The van der Waals surface area contributed by atoms with Gasteiger partial charge in [-0.15, -0.1) is 0 Å². The van der Waals surface area contributed by atoms with E-state index in [9.17, 15) is 9.90 Å². The molecule has 0 spiro atoms. The van der Waals surface area contributed by atoms with Crippen molar-refractivity contribution in [2.24, 2.45) is 5.92 Å². The average molecular weight is 355 g/mol. The molecule has 0 amide bonds. The van der Waals surface area contributed by atoms with Crippen LogP contribution in [0.15, 0.2) is 49.1 Å². The second-order valence-electron chi connectivity index (χ2n) is 7.25. The highest BCUT2D eigenvalue weighted by molar-refractivity contribution is 5.83. The van der Waals surface area contributed by atoms with Gasteiger partial charge < -0.3 is 14.4 Å². The zero-order chi connectivity index (χ0) is 18.0. The second kappa shape index (κ2) is 7.21. The summed E-state index contributed by atoms with van der Waals surface area (Å²) in [5, 5.41) is 9.77. The van der Waals surface area contributed by atoms with Gasteiger partial charge in [-0.05, 0) is 37.4 Å². The topological polar surface area (TPSA) is 67.6 Å². The predicted octanol–water partition coefficient (Wildman–Crippen LogP) is 1.65. The lowest BCUT2D eigenvalue weighted by Gasteiger charge is -2.45. The number of aliphatic hydroxyl groups excluding tert-OH is 1. The van der Waals surface area contributed by atoms with E-state index < -0.39 is 5.54 Å². The molecule has 26 heavy (non-hydrogen) atoms. The Labute approximate surface area is 153 Å². The van der Waals surface area contributed by atoms with E-state index in [0.717, 1.165) is 38.0 Å². The maximum Gasteiger partial charge on any atom is 0.337 e. The second-order valence-corrected chi connectivity index (χ2v) is 7.25. The fourth-order valence-electron chi connectivity index (χ4n) is 4.39. The van der Waals surface area contributed by atoms with Crippen molar-refractivity contribution in [3.63, 3.8) is 0 Å². The van der Waals surface area contributed by atoms with E-state index in [1.54, 1.807) is 23.3 Å². The van der Waals surface area contributed by atoms with Crippen LogP contribution in [0.1, 0.15) is 24.8 Å². The van der Waals surface area contributed by atoms with Gasteiger partial charge in [0.25, 0.3) is 0 Å². The molecule has 1 aromatic carbocycles. The number of hydrogen-bond donors (Lipinski definition) is 1. The van der Waals surface area contributed by atoms with Crippen LogP contribution in [0.3, 0.4) is 0 Å². The predicted molar refractivity (Wildman–Crippen MR) is 96.5 cm³/mol. The van der Waals surface area contributed by atoms with Crippen molar-refractivity contribution < 1.29 is 14.6 Å². The number of nitrogens with zero attached hydrogens (tertiary/aromatic N) is 3. The van der Waals surface area contributed by atoms with Crippen LogP contribution in [-0.4, -0.2) is 57.9 Å². The van der Waals surface area contributed by atoms with Gasteiger partial charge in [0.05, 0.1) is 6.33 Å². The van der Waals surface area contributed by atoms with Gasteiger partial charge >= 0.3 is 5.97 Å². The smallest absolute Gasteiger partial charge is 0.337 e. The van der Waals surface area contributed by atoms with E-state index >= 15 is 0 Å². The first-order valence-corrected chi connectivity index (χ1v) is 9.32. The minimum absolute atomic E-state index is 0.0738. The van der Waals surface area contributed by atoms with Gasteiger partial charge in [0.1, 0.15) is 6.10 Å².